The number of rotatable bonds is 7. The zero-order chi connectivity index (χ0) is 17.7. The summed E-state index contributed by atoms with van der Waals surface area (Å²) in [7, 11) is -0.485. The highest BCUT2D eigenvalue weighted by atomic mass is 35.5. The molecule has 0 unspecified atom stereocenters. The third-order valence-electron chi connectivity index (χ3n) is 3.54. The molecule has 2 aromatic rings. The number of nitrogens with one attached hydrogen (secondary N) is 1. The lowest BCUT2D eigenvalue weighted by molar-refractivity contribution is 0.414. The van der Waals surface area contributed by atoms with Gasteiger partial charge in [-0.3, -0.25) is 4.72 Å². The molecule has 130 valence electrons. The van der Waals surface area contributed by atoms with Gasteiger partial charge < -0.3 is 9.47 Å². The van der Waals surface area contributed by atoms with E-state index in [0.29, 0.717) is 28.6 Å². The summed E-state index contributed by atoms with van der Waals surface area (Å²) < 4.78 is 37.6. The minimum atomic E-state index is -3.53. The standard InChI is InChI=1S/C17H20ClNO4S/c1-12-9-16(17(23-3)11-15(12)18)19-24(20,21)8-7-13-5-4-6-14(10-13)22-2/h4-6,9-11,19H,7-8H2,1-3H3. The van der Waals surface area contributed by atoms with Gasteiger partial charge in [-0.1, -0.05) is 23.7 Å². The molecule has 2 rings (SSSR count). The average Bonchev–Trinajstić information content (AvgIpc) is 2.56. The van der Waals surface area contributed by atoms with E-state index in [4.69, 9.17) is 21.1 Å². The molecule has 0 aliphatic heterocycles. The molecule has 0 bridgehead atoms. The van der Waals surface area contributed by atoms with Gasteiger partial charge in [0.05, 0.1) is 25.7 Å². The predicted molar refractivity (Wildman–Crippen MR) is 96.8 cm³/mol. The van der Waals surface area contributed by atoms with E-state index < -0.39 is 10.0 Å². The first-order valence-corrected chi connectivity index (χ1v) is 9.35. The van der Waals surface area contributed by atoms with Crippen LogP contribution in [0.15, 0.2) is 36.4 Å². The van der Waals surface area contributed by atoms with Gasteiger partial charge in [0.1, 0.15) is 11.5 Å². The molecule has 0 amide bonds. The van der Waals surface area contributed by atoms with Gasteiger partial charge in [-0.05, 0) is 42.7 Å². The van der Waals surface area contributed by atoms with Crippen LogP contribution in [0, 0.1) is 6.92 Å². The summed E-state index contributed by atoms with van der Waals surface area (Å²) in [5.41, 5.74) is 2.03. The third-order valence-corrected chi connectivity index (χ3v) is 5.22. The van der Waals surface area contributed by atoms with Gasteiger partial charge in [-0.25, -0.2) is 8.42 Å². The minimum Gasteiger partial charge on any atom is -0.497 e. The van der Waals surface area contributed by atoms with E-state index >= 15 is 0 Å². The number of aryl methyl sites for hydroxylation is 2. The molecule has 0 aliphatic rings. The third kappa shape index (κ3) is 4.79. The Kier molecular flexibility index (Phi) is 5.96. The van der Waals surface area contributed by atoms with Crippen LogP contribution in [0.25, 0.3) is 0 Å². The number of methoxy groups -OCH3 is 2. The molecule has 0 aliphatic carbocycles. The Balaban J connectivity index is 2.12. The van der Waals surface area contributed by atoms with Crippen LogP contribution in [0.1, 0.15) is 11.1 Å². The van der Waals surface area contributed by atoms with Crippen LogP contribution in [0.2, 0.25) is 5.02 Å². The second-order valence-electron chi connectivity index (χ2n) is 5.32. The Hall–Kier alpha value is -1.92. The van der Waals surface area contributed by atoms with Gasteiger partial charge in [0, 0.05) is 11.1 Å². The molecule has 0 heterocycles. The number of benzene rings is 2. The van der Waals surface area contributed by atoms with E-state index in [1.807, 2.05) is 24.3 Å². The summed E-state index contributed by atoms with van der Waals surface area (Å²) in [6, 6.07) is 10.6. The Morgan fingerprint density at radius 3 is 2.54 bits per heavy atom. The van der Waals surface area contributed by atoms with Gasteiger partial charge >= 0.3 is 0 Å². The molecule has 0 fully saturated rings. The van der Waals surface area contributed by atoms with Crippen LogP contribution in [-0.2, 0) is 16.4 Å². The second-order valence-corrected chi connectivity index (χ2v) is 7.57. The fourth-order valence-electron chi connectivity index (χ4n) is 2.21. The number of halogens is 1. The number of hydrogen-bond donors (Lipinski definition) is 1. The summed E-state index contributed by atoms with van der Waals surface area (Å²) >= 11 is 6.04. The molecular weight excluding hydrogens is 350 g/mol. The van der Waals surface area contributed by atoms with Gasteiger partial charge in [-0.2, -0.15) is 0 Å². The summed E-state index contributed by atoms with van der Waals surface area (Å²) in [5.74, 6) is 1.04. The Morgan fingerprint density at radius 2 is 1.88 bits per heavy atom. The van der Waals surface area contributed by atoms with Crippen molar-refractivity contribution >= 4 is 27.3 Å². The Bertz CT molecular complexity index is 821. The van der Waals surface area contributed by atoms with Crippen molar-refractivity contribution in [1.29, 1.82) is 0 Å². The molecule has 24 heavy (non-hydrogen) atoms. The zero-order valence-corrected chi connectivity index (χ0v) is 15.4. The van der Waals surface area contributed by atoms with Crippen molar-refractivity contribution in [1.82, 2.24) is 0 Å². The molecule has 2 aromatic carbocycles. The van der Waals surface area contributed by atoms with Crippen molar-refractivity contribution in [2.24, 2.45) is 0 Å². The van der Waals surface area contributed by atoms with Crippen molar-refractivity contribution in [3.8, 4) is 11.5 Å². The zero-order valence-electron chi connectivity index (χ0n) is 13.8. The molecule has 0 aromatic heterocycles. The smallest absolute Gasteiger partial charge is 0.233 e. The highest BCUT2D eigenvalue weighted by Gasteiger charge is 2.15. The van der Waals surface area contributed by atoms with Crippen molar-refractivity contribution in [3.05, 3.63) is 52.5 Å². The first kappa shape index (κ1) is 18.4. The number of anilines is 1. The van der Waals surface area contributed by atoms with E-state index in [9.17, 15) is 8.42 Å². The molecular formula is C17H20ClNO4S. The maximum Gasteiger partial charge on any atom is 0.233 e. The van der Waals surface area contributed by atoms with Crippen LogP contribution < -0.4 is 14.2 Å². The number of ether oxygens (including phenoxy) is 2. The first-order chi connectivity index (χ1) is 11.3. The SMILES string of the molecule is COc1cccc(CCS(=O)(=O)Nc2cc(C)c(Cl)cc2OC)c1. The highest BCUT2D eigenvalue weighted by molar-refractivity contribution is 7.92. The van der Waals surface area contributed by atoms with Crippen LogP contribution in [0.5, 0.6) is 11.5 Å². The van der Waals surface area contributed by atoms with E-state index in [1.54, 1.807) is 26.2 Å². The summed E-state index contributed by atoms with van der Waals surface area (Å²) in [6.07, 6.45) is 0.376. The Morgan fingerprint density at radius 1 is 1.12 bits per heavy atom. The van der Waals surface area contributed by atoms with Gasteiger partial charge in [0.25, 0.3) is 0 Å². The normalized spacial score (nSPS) is 11.2. The van der Waals surface area contributed by atoms with E-state index in [1.165, 1.54) is 7.11 Å². The molecule has 0 saturated carbocycles. The molecule has 0 atom stereocenters. The van der Waals surface area contributed by atoms with Gasteiger partial charge in [0.2, 0.25) is 10.0 Å². The molecule has 1 N–H and O–H groups in total. The van der Waals surface area contributed by atoms with Crippen LogP contribution in [0.3, 0.4) is 0 Å². The molecule has 7 heteroatoms. The van der Waals surface area contributed by atoms with E-state index in [2.05, 4.69) is 4.72 Å². The van der Waals surface area contributed by atoms with Crippen LogP contribution in [-0.4, -0.2) is 28.4 Å². The molecule has 0 saturated heterocycles. The van der Waals surface area contributed by atoms with Crippen molar-refractivity contribution < 1.29 is 17.9 Å². The minimum absolute atomic E-state index is 0.0506. The second kappa shape index (κ2) is 7.77. The first-order valence-electron chi connectivity index (χ1n) is 7.32. The summed E-state index contributed by atoms with van der Waals surface area (Å²) in [6.45, 7) is 1.80. The van der Waals surface area contributed by atoms with E-state index in [-0.39, 0.29) is 5.75 Å². The molecule has 0 spiro atoms. The van der Waals surface area contributed by atoms with Gasteiger partial charge in [-0.15, -0.1) is 0 Å². The molecule has 0 radical (unpaired) electrons. The topological polar surface area (TPSA) is 64.6 Å². The summed E-state index contributed by atoms with van der Waals surface area (Å²) in [5, 5.41) is 0.520. The molecule has 5 nitrogen and oxygen atoms in total. The van der Waals surface area contributed by atoms with Gasteiger partial charge in [0.15, 0.2) is 0 Å². The maximum absolute atomic E-state index is 12.4. The maximum atomic E-state index is 12.4. The monoisotopic (exact) mass is 369 g/mol. The fourth-order valence-corrected chi connectivity index (χ4v) is 3.47. The van der Waals surface area contributed by atoms with Crippen molar-refractivity contribution in [3.63, 3.8) is 0 Å². The predicted octanol–water partition coefficient (Wildman–Crippen LogP) is 3.65. The van der Waals surface area contributed by atoms with Crippen molar-refractivity contribution in [2.75, 3.05) is 24.7 Å². The largest absolute Gasteiger partial charge is 0.497 e. The van der Waals surface area contributed by atoms with E-state index in [0.717, 1.165) is 11.1 Å². The Labute approximate surface area is 147 Å². The van der Waals surface area contributed by atoms with Crippen LogP contribution >= 0.6 is 11.6 Å². The lowest BCUT2D eigenvalue weighted by Gasteiger charge is -2.13. The average molecular weight is 370 g/mol. The summed E-state index contributed by atoms with van der Waals surface area (Å²) in [4.78, 5) is 0. The van der Waals surface area contributed by atoms with Crippen LogP contribution in [0.4, 0.5) is 5.69 Å². The fraction of sp³-hybridized carbons (Fsp3) is 0.294. The lowest BCUT2D eigenvalue weighted by Crippen LogP contribution is -2.18. The van der Waals surface area contributed by atoms with Crippen molar-refractivity contribution in [2.45, 2.75) is 13.3 Å². The number of sulfonamides is 1. The number of hydrogen-bond acceptors (Lipinski definition) is 4. The lowest BCUT2D eigenvalue weighted by atomic mass is 10.2. The quantitative estimate of drug-likeness (QED) is 0.809. The highest BCUT2D eigenvalue weighted by Crippen LogP contribution is 2.31.